The largest absolute Gasteiger partial charge is 0.359 e. The number of rotatable bonds is 9. The van der Waals surface area contributed by atoms with Gasteiger partial charge in [-0.3, -0.25) is 9.59 Å². The molecule has 3 N–H and O–H groups in total. The van der Waals surface area contributed by atoms with Crippen molar-refractivity contribution < 1.29 is 14.0 Å². The molecule has 1 heterocycles. The molecule has 5 nitrogen and oxygen atoms in total. The average Bonchev–Trinajstić information content (AvgIpc) is 3.24. The van der Waals surface area contributed by atoms with Crippen molar-refractivity contribution in [3.05, 3.63) is 69.6 Å². The lowest BCUT2D eigenvalue weighted by molar-refractivity contribution is -0.110. The minimum absolute atomic E-state index is 0.0524. The van der Waals surface area contributed by atoms with E-state index in [1.165, 1.54) is 12.2 Å². The van der Waals surface area contributed by atoms with Crippen molar-refractivity contribution in [1.82, 2.24) is 16.0 Å². The van der Waals surface area contributed by atoms with E-state index in [2.05, 4.69) is 43.6 Å². The van der Waals surface area contributed by atoms with Gasteiger partial charge in [0.1, 0.15) is 5.83 Å². The van der Waals surface area contributed by atoms with Gasteiger partial charge in [0.15, 0.2) is 0 Å². The lowest BCUT2D eigenvalue weighted by atomic mass is 9.88. The van der Waals surface area contributed by atoms with Crippen LogP contribution in [0.5, 0.6) is 0 Å². The van der Waals surface area contributed by atoms with E-state index < -0.39 is 5.83 Å². The molecule has 35 heavy (non-hydrogen) atoms. The third kappa shape index (κ3) is 17.0. The van der Waals surface area contributed by atoms with Crippen LogP contribution in [0.25, 0.3) is 0 Å². The summed E-state index contributed by atoms with van der Waals surface area (Å²) < 4.78 is 14.1. The molecule has 0 aliphatic carbocycles. The van der Waals surface area contributed by atoms with Gasteiger partial charge < -0.3 is 16.0 Å². The number of halogens is 3. The number of allylic oxidation sites excluding steroid dienone is 5. The number of carbonyl (C=O) groups excluding carboxylic acids is 2. The second kappa shape index (κ2) is 18.2. The summed E-state index contributed by atoms with van der Waals surface area (Å²) in [6.45, 7) is 14.8. The molecule has 1 fully saturated rings. The maximum atomic E-state index is 14.1. The Morgan fingerprint density at radius 1 is 1.20 bits per heavy atom. The Labute approximate surface area is 220 Å². The van der Waals surface area contributed by atoms with E-state index in [1.807, 2.05) is 37.3 Å². The van der Waals surface area contributed by atoms with E-state index in [4.69, 9.17) is 23.2 Å². The molecule has 1 aromatic rings. The van der Waals surface area contributed by atoms with Crippen LogP contribution < -0.4 is 16.0 Å². The van der Waals surface area contributed by atoms with Gasteiger partial charge in [0.25, 0.3) is 0 Å². The minimum atomic E-state index is -0.541. The van der Waals surface area contributed by atoms with Crippen LogP contribution in [0.1, 0.15) is 59.4 Å². The first-order chi connectivity index (χ1) is 16.4. The van der Waals surface area contributed by atoms with Crippen molar-refractivity contribution in [2.24, 2.45) is 11.3 Å². The monoisotopic (exact) mass is 527 g/mol. The molecule has 0 radical (unpaired) electrons. The fourth-order valence-electron chi connectivity index (χ4n) is 2.89. The number of hydrogen-bond acceptors (Lipinski definition) is 3. The Morgan fingerprint density at radius 2 is 1.86 bits per heavy atom. The number of nitrogens with one attached hydrogen (secondary N) is 3. The SMILES string of the molecule is CC(C)(C)C.CCCNC=O.C\C(=C/C(Cl)=C(F)\C=C\[C@@H]1CNC[C@@H]1c1cccc(Cl)c1)NC=O. The van der Waals surface area contributed by atoms with Gasteiger partial charge >= 0.3 is 0 Å². The Balaban J connectivity index is 0.000000877. The van der Waals surface area contributed by atoms with E-state index in [0.29, 0.717) is 29.0 Å². The van der Waals surface area contributed by atoms with E-state index in [0.717, 1.165) is 31.6 Å². The van der Waals surface area contributed by atoms with Gasteiger partial charge in [0.05, 0.1) is 5.03 Å². The topological polar surface area (TPSA) is 70.2 Å². The number of amides is 2. The van der Waals surface area contributed by atoms with E-state index >= 15 is 0 Å². The molecule has 0 bridgehead atoms. The molecule has 1 aliphatic heterocycles. The van der Waals surface area contributed by atoms with Crippen LogP contribution in [0.4, 0.5) is 4.39 Å². The third-order valence-corrected chi connectivity index (χ3v) is 4.89. The van der Waals surface area contributed by atoms with E-state index in [-0.39, 0.29) is 16.9 Å². The Bertz CT molecular complexity index is 858. The second-order valence-electron chi connectivity index (χ2n) is 9.70. The molecule has 1 saturated heterocycles. The van der Waals surface area contributed by atoms with Crippen LogP contribution >= 0.6 is 23.2 Å². The summed E-state index contributed by atoms with van der Waals surface area (Å²) >= 11 is 12.0. The fourth-order valence-corrected chi connectivity index (χ4v) is 3.31. The highest BCUT2D eigenvalue weighted by molar-refractivity contribution is 6.31. The predicted molar refractivity (Wildman–Crippen MR) is 146 cm³/mol. The van der Waals surface area contributed by atoms with Gasteiger partial charge in [-0.2, -0.15) is 0 Å². The normalized spacial score (nSPS) is 18.5. The van der Waals surface area contributed by atoms with Crippen LogP contribution in [0, 0.1) is 11.3 Å². The van der Waals surface area contributed by atoms with Gasteiger partial charge in [-0.05, 0) is 54.5 Å². The molecular weight excluding hydrogens is 488 g/mol. The number of benzene rings is 1. The summed E-state index contributed by atoms with van der Waals surface area (Å²) in [5.41, 5.74) is 2.10. The molecule has 2 rings (SSSR count). The quantitative estimate of drug-likeness (QED) is 0.196. The predicted octanol–water partition coefficient (Wildman–Crippen LogP) is 6.46. The van der Waals surface area contributed by atoms with Crippen LogP contribution in [0.15, 0.2) is 59.0 Å². The lowest BCUT2D eigenvalue weighted by Crippen LogP contribution is -2.10. The van der Waals surface area contributed by atoms with Crippen molar-refractivity contribution in [2.75, 3.05) is 19.6 Å². The number of hydrogen-bond donors (Lipinski definition) is 3. The number of carbonyl (C=O) groups is 2. The van der Waals surface area contributed by atoms with Gasteiger partial charge in [-0.25, -0.2) is 4.39 Å². The maximum Gasteiger partial charge on any atom is 0.211 e. The first kappa shape index (κ1) is 32.8. The van der Waals surface area contributed by atoms with Crippen LogP contribution in [-0.4, -0.2) is 32.5 Å². The van der Waals surface area contributed by atoms with Gasteiger partial charge in [0, 0.05) is 36.3 Å². The lowest BCUT2D eigenvalue weighted by Gasteiger charge is -2.15. The minimum Gasteiger partial charge on any atom is -0.359 e. The van der Waals surface area contributed by atoms with Crippen molar-refractivity contribution in [2.45, 2.75) is 53.9 Å². The first-order valence-electron chi connectivity index (χ1n) is 11.7. The highest BCUT2D eigenvalue weighted by Crippen LogP contribution is 2.31. The summed E-state index contributed by atoms with van der Waals surface area (Å²) in [4.78, 5) is 19.8. The molecule has 2 atom stereocenters. The zero-order valence-electron chi connectivity index (χ0n) is 21.6. The van der Waals surface area contributed by atoms with Crippen molar-refractivity contribution in [3.63, 3.8) is 0 Å². The zero-order valence-corrected chi connectivity index (χ0v) is 23.1. The van der Waals surface area contributed by atoms with Crippen LogP contribution in [0.3, 0.4) is 0 Å². The molecule has 1 aromatic carbocycles. The molecule has 8 heteroatoms. The molecule has 0 aromatic heterocycles. The molecule has 1 aliphatic rings. The molecular formula is C27H40Cl2FN3O2. The van der Waals surface area contributed by atoms with Gasteiger partial charge in [0.2, 0.25) is 12.8 Å². The highest BCUT2D eigenvalue weighted by atomic mass is 35.5. The summed E-state index contributed by atoms with van der Waals surface area (Å²) in [7, 11) is 0. The van der Waals surface area contributed by atoms with E-state index in [1.54, 1.807) is 6.92 Å². The van der Waals surface area contributed by atoms with Crippen LogP contribution in [0.2, 0.25) is 5.02 Å². The van der Waals surface area contributed by atoms with Crippen molar-refractivity contribution in [3.8, 4) is 0 Å². The molecule has 2 amide bonds. The van der Waals surface area contributed by atoms with E-state index in [9.17, 15) is 14.0 Å². The second-order valence-corrected chi connectivity index (χ2v) is 10.5. The third-order valence-electron chi connectivity index (χ3n) is 4.36. The smallest absolute Gasteiger partial charge is 0.211 e. The van der Waals surface area contributed by atoms with Crippen LogP contribution in [-0.2, 0) is 9.59 Å². The first-order valence-corrected chi connectivity index (χ1v) is 12.4. The summed E-state index contributed by atoms with van der Waals surface area (Å²) in [5, 5.41) is 8.89. The standard InChI is InChI=1S/C18H19Cl2FN2O.C5H12.C4H9NO/c1-12(23-11-24)7-17(20)18(21)6-5-14-9-22-10-16(14)13-3-2-4-15(19)8-13;1-5(2,3)4;1-2-3-5-4-6/h2-8,11,14,16,22H,9-10H2,1H3,(H,23,24);1-4H3;4H,2-3H2,1H3,(H,5,6)/b6-5+,12-7+,18-17-;;/t14-,16-;;/m1../s1. The summed E-state index contributed by atoms with van der Waals surface area (Å²) in [5.74, 6) is -0.155. The Kier molecular flexibility index (Phi) is 17.0. The maximum absolute atomic E-state index is 14.1. The Morgan fingerprint density at radius 3 is 2.37 bits per heavy atom. The summed E-state index contributed by atoms with van der Waals surface area (Å²) in [6.07, 6.45) is 6.81. The average molecular weight is 529 g/mol. The zero-order chi connectivity index (χ0) is 26.9. The highest BCUT2D eigenvalue weighted by Gasteiger charge is 2.26. The summed E-state index contributed by atoms with van der Waals surface area (Å²) in [6, 6.07) is 7.72. The van der Waals surface area contributed by atoms with Gasteiger partial charge in [-0.15, -0.1) is 0 Å². The van der Waals surface area contributed by atoms with Gasteiger partial charge in [-0.1, -0.05) is 76.0 Å². The molecule has 0 spiro atoms. The molecule has 0 saturated carbocycles. The van der Waals surface area contributed by atoms with Crippen molar-refractivity contribution in [1.29, 1.82) is 0 Å². The van der Waals surface area contributed by atoms with Crippen molar-refractivity contribution >= 4 is 36.0 Å². The molecule has 196 valence electrons. The Hall–Kier alpha value is -2.15. The fraction of sp³-hybridized carbons (Fsp3) is 0.481. The molecule has 0 unspecified atom stereocenters.